The monoisotopic (exact) mass is 351 g/mol. The molecular formula is C23H29NO2. The van der Waals surface area contributed by atoms with Crippen LogP contribution in [-0.4, -0.2) is 12.5 Å². The predicted molar refractivity (Wildman–Crippen MR) is 107 cm³/mol. The van der Waals surface area contributed by atoms with Gasteiger partial charge in [0.15, 0.2) is 0 Å². The van der Waals surface area contributed by atoms with E-state index >= 15 is 0 Å². The molecule has 0 unspecified atom stereocenters. The molecule has 1 aliphatic rings. The third kappa shape index (κ3) is 3.62. The summed E-state index contributed by atoms with van der Waals surface area (Å²) >= 11 is 0. The number of hydrogen-bond donors (Lipinski definition) is 1. The molecule has 0 bridgehead atoms. The number of hydrogen-bond acceptors (Lipinski definition) is 2. The Morgan fingerprint density at radius 3 is 2.27 bits per heavy atom. The SMILES string of the molecule is CCCOc1c(C)cc(NC(=O)C2(c3ccccc3)CCCC2)cc1C. The molecule has 1 fully saturated rings. The largest absolute Gasteiger partial charge is 0.493 e. The maximum Gasteiger partial charge on any atom is 0.235 e. The lowest BCUT2D eigenvalue weighted by atomic mass is 9.78. The minimum Gasteiger partial charge on any atom is -0.493 e. The van der Waals surface area contributed by atoms with Crippen LogP contribution in [0.15, 0.2) is 42.5 Å². The highest BCUT2D eigenvalue weighted by Crippen LogP contribution is 2.42. The van der Waals surface area contributed by atoms with Gasteiger partial charge in [0.05, 0.1) is 12.0 Å². The van der Waals surface area contributed by atoms with Gasteiger partial charge < -0.3 is 10.1 Å². The molecule has 0 spiro atoms. The lowest BCUT2D eigenvalue weighted by Gasteiger charge is -2.28. The number of benzene rings is 2. The summed E-state index contributed by atoms with van der Waals surface area (Å²) in [7, 11) is 0. The molecule has 1 N–H and O–H groups in total. The summed E-state index contributed by atoms with van der Waals surface area (Å²) in [6, 6.07) is 14.3. The van der Waals surface area contributed by atoms with Crippen LogP contribution < -0.4 is 10.1 Å². The van der Waals surface area contributed by atoms with Crippen molar-refractivity contribution < 1.29 is 9.53 Å². The van der Waals surface area contributed by atoms with Crippen molar-refractivity contribution in [2.45, 2.75) is 58.3 Å². The number of carbonyl (C=O) groups is 1. The van der Waals surface area contributed by atoms with Crippen LogP contribution in [0.4, 0.5) is 5.69 Å². The van der Waals surface area contributed by atoms with Gasteiger partial charge in [-0.3, -0.25) is 4.79 Å². The van der Waals surface area contributed by atoms with Crippen LogP contribution >= 0.6 is 0 Å². The summed E-state index contributed by atoms with van der Waals surface area (Å²) < 4.78 is 5.85. The van der Waals surface area contributed by atoms with Crippen LogP contribution in [0.3, 0.4) is 0 Å². The van der Waals surface area contributed by atoms with Gasteiger partial charge in [0, 0.05) is 5.69 Å². The van der Waals surface area contributed by atoms with E-state index in [1.165, 1.54) is 0 Å². The van der Waals surface area contributed by atoms with Gasteiger partial charge in [-0.05, 0) is 61.9 Å². The fourth-order valence-electron chi connectivity index (χ4n) is 4.09. The summed E-state index contributed by atoms with van der Waals surface area (Å²) in [5.74, 6) is 1.05. The van der Waals surface area contributed by atoms with Crippen LogP contribution in [0.1, 0.15) is 55.7 Å². The van der Waals surface area contributed by atoms with Crippen LogP contribution in [0.5, 0.6) is 5.75 Å². The van der Waals surface area contributed by atoms with Crippen molar-refractivity contribution >= 4 is 11.6 Å². The molecule has 0 aromatic heterocycles. The molecule has 0 saturated heterocycles. The van der Waals surface area contributed by atoms with Gasteiger partial charge in [-0.25, -0.2) is 0 Å². The third-order valence-electron chi connectivity index (χ3n) is 5.39. The van der Waals surface area contributed by atoms with Crippen LogP contribution in [0.2, 0.25) is 0 Å². The summed E-state index contributed by atoms with van der Waals surface area (Å²) in [5.41, 5.74) is 3.71. The van der Waals surface area contributed by atoms with Gasteiger partial charge in [0.25, 0.3) is 0 Å². The number of nitrogens with one attached hydrogen (secondary N) is 1. The second-order valence-electron chi connectivity index (χ2n) is 7.40. The lowest BCUT2D eigenvalue weighted by Crippen LogP contribution is -2.38. The molecule has 0 aliphatic heterocycles. The first-order valence-electron chi connectivity index (χ1n) is 9.68. The van der Waals surface area contributed by atoms with E-state index in [9.17, 15) is 4.79 Å². The topological polar surface area (TPSA) is 38.3 Å². The zero-order valence-corrected chi connectivity index (χ0v) is 16.1. The molecule has 1 amide bonds. The number of anilines is 1. The highest BCUT2D eigenvalue weighted by Gasteiger charge is 2.42. The number of aryl methyl sites for hydroxylation is 2. The fourth-order valence-corrected chi connectivity index (χ4v) is 4.09. The average Bonchev–Trinajstić information content (AvgIpc) is 3.13. The maximum atomic E-state index is 13.3. The Balaban J connectivity index is 1.85. The minimum atomic E-state index is -0.402. The third-order valence-corrected chi connectivity index (χ3v) is 5.39. The van der Waals surface area contributed by atoms with Crippen molar-refractivity contribution in [3.8, 4) is 5.75 Å². The van der Waals surface area contributed by atoms with Gasteiger partial charge >= 0.3 is 0 Å². The van der Waals surface area contributed by atoms with Crippen molar-refractivity contribution in [3.05, 3.63) is 59.2 Å². The molecule has 3 rings (SSSR count). The lowest BCUT2D eigenvalue weighted by molar-refractivity contribution is -0.121. The number of rotatable bonds is 6. The number of amides is 1. The van der Waals surface area contributed by atoms with E-state index in [0.29, 0.717) is 6.61 Å². The molecule has 26 heavy (non-hydrogen) atoms. The van der Waals surface area contributed by atoms with Gasteiger partial charge in [0.2, 0.25) is 5.91 Å². The van der Waals surface area contributed by atoms with E-state index < -0.39 is 5.41 Å². The van der Waals surface area contributed by atoms with E-state index in [0.717, 1.165) is 60.2 Å². The molecule has 3 heteroatoms. The summed E-state index contributed by atoms with van der Waals surface area (Å²) in [4.78, 5) is 13.3. The fraction of sp³-hybridized carbons (Fsp3) is 0.435. The molecule has 0 radical (unpaired) electrons. The predicted octanol–water partition coefficient (Wildman–Crippen LogP) is 5.54. The smallest absolute Gasteiger partial charge is 0.235 e. The van der Waals surface area contributed by atoms with Gasteiger partial charge in [0.1, 0.15) is 5.75 Å². The quantitative estimate of drug-likeness (QED) is 0.742. The summed E-state index contributed by atoms with van der Waals surface area (Å²) in [6.45, 7) is 6.89. The van der Waals surface area contributed by atoms with Gasteiger partial charge in [-0.15, -0.1) is 0 Å². The minimum absolute atomic E-state index is 0.113. The first-order valence-corrected chi connectivity index (χ1v) is 9.68. The van der Waals surface area contributed by atoms with Crippen molar-refractivity contribution in [2.75, 3.05) is 11.9 Å². The highest BCUT2D eigenvalue weighted by molar-refractivity contribution is 5.99. The first kappa shape index (κ1) is 18.5. The zero-order chi connectivity index (χ0) is 18.6. The van der Waals surface area contributed by atoms with E-state index in [4.69, 9.17) is 4.74 Å². The molecule has 2 aromatic rings. The van der Waals surface area contributed by atoms with Crippen LogP contribution in [-0.2, 0) is 10.2 Å². The Morgan fingerprint density at radius 1 is 1.08 bits per heavy atom. The average molecular weight is 351 g/mol. The Kier molecular flexibility index (Phi) is 5.65. The molecule has 3 nitrogen and oxygen atoms in total. The number of ether oxygens (including phenoxy) is 1. The second kappa shape index (κ2) is 7.94. The van der Waals surface area contributed by atoms with Gasteiger partial charge in [-0.2, -0.15) is 0 Å². The summed E-state index contributed by atoms with van der Waals surface area (Å²) in [5, 5.41) is 3.19. The Morgan fingerprint density at radius 2 is 1.69 bits per heavy atom. The molecule has 2 aromatic carbocycles. The van der Waals surface area contributed by atoms with Crippen LogP contribution in [0.25, 0.3) is 0 Å². The van der Waals surface area contributed by atoms with Crippen molar-refractivity contribution in [1.82, 2.24) is 0 Å². The maximum absolute atomic E-state index is 13.3. The Labute approximate surface area is 156 Å². The molecule has 138 valence electrons. The summed E-state index contributed by atoms with van der Waals surface area (Å²) in [6.07, 6.45) is 5.02. The second-order valence-corrected chi connectivity index (χ2v) is 7.40. The Hall–Kier alpha value is -2.29. The molecular weight excluding hydrogens is 322 g/mol. The zero-order valence-electron chi connectivity index (χ0n) is 16.1. The van der Waals surface area contributed by atoms with Crippen molar-refractivity contribution in [2.24, 2.45) is 0 Å². The van der Waals surface area contributed by atoms with E-state index in [-0.39, 0.29) is 5.91 Å². The first-order chi connectivity index (χ1) is 12.6. The molecule has 0 atom stereocenters. The standard InChI is InChI=1S/C23H29NO2/c1-4-14-26-21-17(2)15-20(16-18(21)3)24-22(25)23(12-8-9-13-23)19-10-6-5-7-11-19/h5-7,10-11,15-16H,4,8-9,12-14H2,1-3H3,(H,24,25). The molecule has 0 heterocycles. The van der Waals surface area contributed by atoms with E-state index in [1.54, 1.807) is 0 Å². The normalized spacial score (nSPS) is 15.7. The number of carbonyl (C=O) groups excluding carboxylic acids is 1. The highest BCUT2D eigenvalue weighted by atomic mass is 16.5. The van der Waals surface area contributed by atoms with Crippen molar-refractivity contribution in [3.63, 3.8) is 0 Å². The molecule has 1 saturated carbocycles. The Bertz CT molecular complexity index is 738. The van der Waals surface area contributed by atoms with Crippen LogP contribution in [0, 0.1) is 13.8 Å². The van der Waals surface area contributed by atoms with E-state index in [1.807, 2.05) is 44.2 Å². The molecule has 1 aliphatic carbocycles. The van der Waals surface area contributed by atoms with Gasteiger partial charge in [-0.1, -0.05) is 50.1 Å². The van der Waals surface area contributed by atoms with E-state index in [2.05, 4.69) is 24.4 Å². The van der Waals surface area contributed by atoms with Crippen molar-refractivity contribution in [1.29, 1.82) is 0 Å².